The first-order valence-electron chi connectivity index (χ1n) is 8.85. The molecule has 0 saturated heterocycles. The summed E-state index contributed by atoms with van der Waals surface area (Å²) >= 11 is 3.39. The number of carbonyl (C=O) groups excluding carboxylic acids is 1. The third-order valence-electron chi connectivity index (χ3n) is 4.58. The number of amides is 2. The lowest BCUT2D eigenvalue weighted by Gasteiger charge is -2.36. The van der Waals surface area contributed by atoms with Gasteiger partial charge in [-0.05, 0) is 48.5 Å². The van der Waals surface area contributed by atoms with Crippen LogP contribution in [0, 0.1) is 0 Å². The van der Waals surface area contributed by atoms with Crippen molar-refractivity contribution in [3.05, 3.63) is 64.8 Å². The molecule has 30 heavy (non-hydrogen) atoms. The molecule has 2 amide bonds. The van der Waals surface area contributed by atoms with Crippen molar-refractivity contribution in [3.8, 4) is 5.75 Å². The standard InChI is InChI=1S/C20H17BrN4O4S/c1-29-17-9-7-15(8-10-17)24-12-13-11-22-19(30(2,27)28)23-18(13)25(20(24)26)16-5-3-14(21)4-6-16/h3-11H,12H2,1-2H3. The number of fused-ring (bicyclic) bond motifs is 1. The number of sulfone groups is 1. The number of urea groups is 1. The first-order valence-corrected chi connectivity index (χ1v) is 11.5. The van der Waals surface area contributed by atoms with Gasteiger partial charge in [-0.3, -0.25) is 4.90 Å². The number of anilines is 3. The van der Waals surface area contributed by atoms with Crippen LogP contribution in [0.1, 0.15) is 5.56 Å². The Bertz CT molecular complexity index is 1210. The second-order valence-corrected chi connectivity index (χ2v) is 9.48. The number of methoxy groups -OCH3 is 1. The highest BCUT2D eigenvalue weighted by Gasteiger charge is 2.35. The Morgan fingerprint density at radius 3 is 2.27 bits per heavy atom. The zero-order valence-electron chi connectivity index (χ0n) is 16.1. The van der Waals surface area contributed by atoms with Crippen LogP contribution in [0.25, 0.3) is 0 Å². The summed E-state index contributed by atoms with van der Waals surface area (Å²) in [6.45, 7) is 0.206. The van der Waals surface area contributed by atoms with E-state index in [1.165, 1.54) is 11.1 Å². The van der Waals surface area contributed by atoms with Crippen LogP contribution >= 0.6 is 15.9 Å². The maximum absolute atomic E-state index is 13.5. The van der Waals surface area contributed by atoms with Crippen molar-refractivity contribution in [3.63, 3.8) is 0 Å². The predicted molar refractivity (Wildman–Crippen MR) is 116 cm³/mol. The van der Waals surface area contributed by atoms with E-state index in [1.54, 1.807) is 60.5 Å². The minimum Gasteiger partial charge on any atom is -0.497 e. The number of halogens is 1. The highest BCUT2D eigenvalue weighted by atomic mass is 79.9. The van der Waals surface area contributed by atoms with Gasteiger partial charge in [0.1, 0.15) is 5.75 Å². The molecule has 0 saturated carbocycles. The monoisotopic (exact) mass is 488 g/mol. The van der Waals surface area contributed by atoms with E-state index in [0.29, 0.717) is 22.7 Å². The van der Waals surface area contributed by atoms with Crippen molar-refractivity contribution in [2.45, 2.75) is 11.7 Å². The lowest BCUT2D eigenvalue weighted by Crippen LogP contribution is -2.45. The molecule has 0 unspecified atom stereocenters. The molecule has 1 aliphatic heterocycles. The number of aromatic nitrogens is 2. The van der Waals surface area contributed by atoms with Gasteiger partial charge in [0, 0.05) is 28.2 Å². The van der Waals surface area contributed by atoms with Crippen LogP contribution < -0.4 is 14.5 Å². The molecule has 0 N–H and O–H groups in total. The molecular weight excluding hydrogens is 472 g/mol. The van der Waals surface area contributed by atoms with Crippen molar-refractivity contribution in [2.75, 3.05) is 23.2 Å². The SMILES string of the molecule is COc1ccc(N2Cc3cnc(S(C)(=O)=O)nc3N(c3ccc(Br)cc3)C2=O)cc1. The Hall–Kier alpha value is -2.98. The van der Waals surface area contributed by atoms with E-state index in [-0.39, 0.29) is 23.6 Å². The lowest BCUT2D eigenvalue weighted by atomic mass is 10.1. The molecule has 0 radical (unpaired) electrons. The van der Waals surface area contributed by atoms with Crippen LogP contribution in [0.4, 0.5) is 22.0 Å². The minimum absolute atomic E-state index is 0.206. The molecule has 0 atom stereocenters. The summed E-state index contributed by atoms with van der Waals surface area (Å²) in [6.07, 6.45) is 2.49. The molecule has 10 heteroatoms. The number of benzene rings is 2. The number of rotatable bonds is 4. The van der Waals surface area contributed by atoms with Crippen molar-refractivity contribution < 1.29 is 17.9 Å². The summed E-state index contributed by atoms with van der Waals surface area (Å²) in [5.41, 5.74) is 1.85. The molecule has 8 nitrogen and oxygen atoms in total. The molecule has 1 aromatic heterocycles. The Morgan fingerprint density at radius 1 is 1.03 bits per heavy atom. The fraction of sp³-hybridized carbons (Fsp3) is 0.150. The first kappa shape index (κ1) is 20.3. The lowest BCUT2D eigenvalue weighted by molar-refractivity contribution is 0.252. The van der Waals surface area contributed by atoms with Crippen molar-refractivity contribution >= 4 is 49.0 Å². The maximum atomic E-state index is 13.5. The van der Waals surface area contributed by atoms with Gasteiger partial charge >= 0.3 is 6.03 Å². The van der Waals surface area contributed by atoms with Gasteiger partial charge < -0.3 is 4.74 Å². The molecule has 1 aliphatic rings. The minimum atomic E-state index is -3.63. The van der Waals surface area contributed by atoms with Gasteiger partial charge in [0.15, 0.2) is 5.82 Å². The van der Waals surface area contributed by atoms with E-state index >= 15 is 0 Å². The molecule has 0 fully saturated rings. The fourth-order valence-electron chi connectivity index (χ4n) is 3.10. The van der Waals surface area contributed by atoms with Gasteiger partial charge in [-0.2, -0.15) is 4.98 Å². The summed E-state index contributed by atoms with van der Waals surface area (Å²) in [4.78, 5) is 24.7. The zero-order valence-corrected chi connectivity index (χ0v) is 18.5. The van der Waals surface area contributed by atoms with Gasteiger partial charge in [0.25, 0.3) is 0 Å². The van der Waals surface area contributed by atoms with Crippen LogP contribution in [-0.4, -0.2) is 37.8 Å². The molecule has 0 aliphatic carbocycles. The van der Waals surface area contributed by atoms with E-state index in [9.17, 15) is 13.2 Å². The third-order valence-corrected chi connectivity index (χ3v) is 5.97. The van der Waals surface area contributed by atoms with Crippen molar-refractivity contribution in [1.82, 2.24) is 9.97 Å². The summed E-state index contributed by atoms with van der Waals surface area (Å²) in [5.74, 6) is 0.928. The zero-order chi connectivity index (χ0) is 21.5. The average Bonchev–Trinajstić information content (AvgIpc) is 2.73. The average molecular weight is 489 g/mol. The van der Waals surface area contributed by atoms with Crippen LogP contribution in [0.15, 0.2) is 64.4 Å². The number of hydrogen-bond donors (Lipinski definition) is 0. The van der Waals surface area contributed by atoms with Gasteiger partial charge in [-0.1, -0.05) is 15.9 Å². The van der Waals surface area contributed by atoms with E-state index in [4.69, 9.17) is 4.74 Å². The Balaban J connectivity index is 1.86. The van der Waals surface area contributed by atoms with E-state index in [2.05, 4.69) is 25.9 Å². The Morgan fingerprint density at radius 2 is 1.67 bits per heavy atom. The smallest absolute Gasteiger partial charge is 0.335 e. The van der Waals surface area contributed by atoms with E-state index in [0.717, 1.165) is 10.7 Å². The Kier molecular flexibility index (Phi) is 5.20. The maximum Gasteiger partial charge on any atom is 0.335 e. The topological polar surface area (TPSA) is 92.7 Å². The van der Waals surface area contributed by atoms with Crippen LogP contribution in [0.5, 0.6) is 5.75 Å². The molecule has 3 aromatic rings. The second kappa shape index (κ2) is 7.69. The quantitative estimate of drug-likeness (QED) is 0.516. The van der Waals surface area contributed by atoms with Crippen LogP contribution in [-0.2, 0) is 16.4 Å². The highest BCUT2D eigenvalue weighted by Crippen LogP contribution is 2.36. The largest absolute Gasteiger partial charge is 0.497 e. The van der Waals surface area contributed by atoms with E-state index < -0.39 is 9.84 Å². The van der Waals surface area contributed by atoms with Crippen LogP contribution in [0.2, 0.25) is 0 Å². The molecule has 0 spiro atoms. The van der Waals surface area contributed by atoms with Gasteiger partial charge in [-0.25, -0.2) is 23.1 Å². The van der Waals surface area contributed by atoms with E-state index in [1.807, 2.05) is 0 Å². The number of nitrogens with zero attached hydrogens (tertiary/aromatic N) is 4. The predicted octanol–water partition coefficient (Wildman–Crippen LogP) is 3.93. The number of hydrogen-bond acceptors (Lipinski definition) is 6. The number of carbonyl (C=O) groups is 1. The molecule has 2 heterocycles. The van der Waals surface area contributed by atoms with Gasteiger partial charge in [0.05, 0.1) is 19.3 Å². The summed E-state index contributed by atoms with van der Waals surface area (Å²) in [7, 11) is -2.06. The normalized spacial score (nSPS) is 13.9. The highest BCUT2D eigenvalue weighted by molar-refractivity contribution is 9.10. The molecular formula is C20H17BrN4O4S. The molecule has 0 bridgehead atoms. The summed E-state index contributed by atoms with van der Waals surface area (Å²) in [5, 5.41) is -0.325. The summed E-state index contributed by atoms with van der Waals surface area (Å²) in [6, 6.07) is 13.9. The second-order valence-electron chi connectivity index (χ2n) is 6.65. The molecule has 4 rings (SSSR count). The van der Waals surface area contributed by atoms with Crippen LogP contribution in [0.3, 0.4) is 0 Å². The van der Waals surface area contributed by atoms with Crippen molar-refractivity contribution in [2.24, 2.45) is 0 Å². The molecule has 154 valence electrons. The van der Waals surface area contributed by atoms with Gasteiger partial charge in [-0.15, -0.1) is 0 Å². The number of ether oxygens (including phenoxy) is 1. The summed E-state index contributed by atoms with van der Waals surface area (Å²) < 4.78 is 30.0. The first-order chi connectivity index (χ1) is 14.3. The Labute approximate surface area is 182 Å². The van der Waals surface area contributed by atoms with Gasteiger partial charge in [0.2, 0.25) is 15.0 Å². The molecule has 2 aromatic carbocycles. The fourth-order valence-corrected chi connectivity index (χ4v) is 3.86. The van der Waals surface area contributed by atoms with Crippen molar-refractivity contribution in [1.29, 1.82) is 0 Å². The third kappa shape index (κ3) is 3.75.